The number of aliphatic hydroxyl groups is 1. The molecule has 1 nitrogen and oxygen atoms in total. The number of allylic oxidation sites excluding steroid dienone is 1. The van der Waals surface area contributed by atoms with E-state index < -0.39 is 0 Å². The van der Waals surface area contributed by atoms with E-state index in [1.165, 1.54) is 0 Å². The fraction of sp³-hybridized carbons (Fsp3) is 0.714. The molecule has 0 bridgehead atoms. The molecule has 1 unspecified atom stereocenters. The highest BCUT2D eigenvalue weighted by Gasteiger charge is 1.95. The summed E-state index contributed by atoms with van der Waals surface area (Å²) < 4.78 is 0. The van der Waals surface area contributed by atoms with Crippen molar-refractivity contribution < 1.29 is 5.11 Å². The summed E-state index contributed by atoms with van der Waals surface area (Å²) in [5, 5.41) is 8.97. The monoisotopic (exact) mass is 146 g/mol. The molecule has 0 rings (SSSR count). The first-order chi connectivity index (χ1) is 4.31. The van der Waals surface area contributed by atoms with Gasteiger partial charge in [-0.3, -0.25) is 0 Å². The predicted molar refractivity (Wildman–Crippen MR) is 43.8 cm³/mol. The second-order valence-electron chi connectivity index (χ2n) is 1.90. The third kappa shape index (κ3) is 5.93. The Morgan fingerprint density at radius 2 is 2.33 bits per heavy atom. The summed E-state index contributed by atoms with van der Waals surface area (Å²) in [6, 6.07) is 0. The Bertz CT molecular complexity index is 81.0. The van der Waals surface area contributed by atoms with Crippen LogP contribution in [0.2, 0.25) is 0 Å². The summed E-state index contributed by atoms with van der Waals surface area (Å²) in [7, 11) is 0. The molecule has 0 aliphatic heterocycles. The largest absolute Gasteiger partial charge is 0.395 e. The summed E-state index contributed by atoms with van der Waals surface area (Å²) in [5.74, 6) is 1.01. The lowest BCUT2D eigenvalue weighted by Crippen LogP contribution is -2.01. The van der Waals surface area contributed by atoms with Crippen LogP contribution in [0.25, 0.3) is 0 Å². The number of rotatable bonds is 4. The van der Waals surface area contributed by atoms with Crippen LogP contribution in [0.4, 0.5) is 0 Å². The van der Waals surface area contributed by atoms with E-state index in [1.807, 2.05) is 19.9 Å². The molecule has 1 atom stereocenters. The summed E-state index contributed by atoms with van der Waals surface area (Å²) in [5.41, 5.74) is 0. The average Bonchev–Trinajstić information content (AvgIpc) is 1.89. The third-order valence-corrected chi connectivity index (χ3v) is 2.07. The predicted octanol–water partition coefficient (Wildman–Crippen LogP) is 1.68. The van der Waals surface area contributed by atoms with Gasteiger partial charge in [-0.1, -0.05) is 19.1 Å². The van der Waals surface area contributed by atoms with Crippen LogP contribution in [-0.2, 0) is 0 Å². The zero-order valence-corrected chi connectivity index (χ0v) is 6.82. The van der Waals surface area contributed by atoms with E-state index in [9.17, 15) is 0 Å². The third-order valence-electron chi connectivity index (χ3n) is 0.970. The first-order valence-corrected chi connectivity index (χ1v) is 4.19. The van der Waals surface area contributed by atoms with Gasteiger partial charge < -0.3 is 5.11 Å². The van der Waals surface area contributed by atoms with Crippen LogP contribution in [0.5, 0.6) is 0 Å². The fourth-order valence-electron chi connectivity index (χ4n) is 0.369. The summed E-state index contributed by atoms with van der Waals surface area (Å²) in [4.78, 5) is 0. The minimum Gasteiger partial charge on any atom is -0.395 e. The van der Waals surface area contributed by atoms with Crippen LogP contribution in [-0.4, -0.2) is 22.7 Å². The van der Waals surface area contributed by atoms with Gasteiger partial charge in [0.05, 0.1) is 6.61 Å². The van der Waals surface area contributed by atoms with Crippen molar-refractivity contribution in [1.82, 2.24) is 0 Å². The number of hydrogen-bond donors (Lipinski definition) is 1. The molecular formula is C7H14OS. The standard InChI is InChI=1S/C7H14OS/c1-3-4-5-9-7(2)6-8/h3-4,7-8H,5-6H2,1-2H3/b4-3+. The van der Waals surface area contributed by atoms with Crippen molar-refractivity contribution in [3.8, 4) is 0 Å². The zero-order chi connectivity index (χ0) is 7.11. The van der Waals surface area contributed by atoms with E-state index in [0.717, 1.165) is 5.75 Å². The minimum atomic E-state index is 0.280. The van der Waals surface area contributed by atoms with Crippen molar-refractivity contribution in [2.75, 3.05) is 12.4 Å². The number of thioether (sulfide) groups is 1. The first kappa shape index (κ1) is 9.05. The van der Waals surface area contributed by atoms with E-state index in [2.05, 4.69) is 6.08 Å². The van der Waals surface area contributed by atoms with E-state index in [4.69, 9.17) is 5.11 Å². The topological polar surface area (TPSA) is 20.2 Å². The summed E-state index contributed by atoms with van der Waals surface area (Å²) >= 11 is 1.76. The molecule has 0 amide bonds. The Kier molecular flexibility index (Phi) is 6.21. The number of hydrogen-bond acceptors (Lipinski definition) is 2. The maximum atomic E-state index is 8.59. The molecule has 0 aromatic rings. The van der Waals surface area contributed by atoms with Crippen LogP contribution in [0.3, 0.4) is 0 Å². The molecule has 0 aromatic carbocycles. The zero-order valence-electron chi connectivity index (χ0n) is 6.00. The van der Waals surface area contributed by atoms with Crippen molar-refractivity contribution in [3.05, 3.63) is 12.2 Å². The van der Waals surface area contributed by atoms with Gasteiger partial charge in [0, 0.05) is 11.0 Å². The molecule has 9 heavy (non-hydrogen) atoms. The van der Waals surface area contributed by atoms with Crippen LogP contribution >= 0.6 is 11.8 Å². The molecule has 1 N–H and O–H groups in total. The molecular weight excluding hydrogens is 132 g/mol. The van der Waals surface area contributed by atoms with Gasteiger partial charge in [0.25, 0.3) is 0 Å². The van der Waals surface area contributed by atoms with Crippen molar-refractivity contribution in [1.29, 1.82) is 0 Å². The summed E-state index contributed by atoms with van der Waals surface area (Å²) in [6.07, 6.45) is 4.12. The van der Waals surface area contributed by atoms with Gasteiger partial charge in [0.15, 0.2) is 0 Å². The molecule has 0 spiro atoms. The van der Waals surface area contributed by atoms with Gasteiger partial charge in [-0.05, 0) is 6.92 Å². The van der Waals surface area contributed by atoms with Crippen molar-refractivity contribution in [2.24, 2.45) is 0 Å². The molecule has 0 aliphatic rings. The smallest absolute Gasteiger partial charge is 0.0547 e. The Labute approximate surface area is 61.2 Å². The Hall–Kier alpha value is 0.0500. The van der Waals surface area contributed by atoms with Crippen LogP contribution in [0.1, 0.15) is 13.8 Å². The molecule has 0 saturated heterocycles. The molecule has 0 aromatic heterocycles. The maximum Gasteiger partial charge on any atom is 0.0547 e. The summed E-state index contributed by atoms with van der Waals surface area (Å²) in [6.45, 7) is 4.31. The van der Waals surface area contributed by atoms with Gasteiger partial charge in [-0.25, -0.2) is 0 Å². The molecule has 2 heteroatoms. The first-order valence-electron chi connectivity index (χ1n) is 3.15. The molecule has 0 fully saturated rings. The average molecular weight is 146 g/mol. The van der Waals surface area contributed by atoms with Crippen molar-refractivity contribution in [3.63, 3.8) is 0 Å². The van der Waals surface area contributed by atoms with E-state index in [1.54, 1.807) is 11.8 Å². The minimum absolute atomic E-state index is 0.280. The van der Waals surface area contributed by atoms with E-state index in [-0.39, 0.29) is 6.61 Å². The lowest BCUT2D eigenvalue weighted by Gasteiger charge is -2.02. The van der Waals surface area contributed by atoms with Gasteiger partial charge in [0.2, 0.25) is 0 Å². The van der Waals surface area contributed by atoms with Gasteiger partial charge in [-0.2, -0.15) is 11.8 Å². The Morgan fingerprint density at radius 3 is 2.78 bits per heavy atom. The van der Waals surface area contributed by atoms with E-state index >= 15 is 0 Å². The van der Waals surface area contributed by atoms with Crippen LogP contribution < -0.4 is 0 Å². The highest BCUT2D eigenvalue weighted by molar-refractivity contribution is 8.00. The van der Waals surface area contributed by atoms with Crippen molar-refractivity contribution >= 4 is 11.8 Å². The Balaban J connectivity index is 3.06. The fourth-order valence-corrected chi connectivity index (χ4v) is 1.11. The quantitative estimate of drug-likeness (QED) is 0.609. The van der Waals surface area contributed by atoms with Crippen LogP contribution in [0, 0.1) is 0 Å². The number of aliphatic hydroxyl groups excluding tert-OH is 1. The maximum absolute atomic E-state index is 8.59. The van der Waals surface area contributed by atoms with Gasteiger partial charge in [0.1, 0.15) is 0 Å². The van der Waals surface area contributed by atoms with Crippen molar-refractivity contribution in [2.45, 2.75) is 19.1 Å². The lowest BCUT2D eigenvalue weighted by molar-refractivity contribution is 0.300. The molecule has 0 radical (unpaired) electrons. The molecule has 0 heterocycles. The molecule has 0 saturated carbocycles. The van der Waals surface area contributed by atoms with Gasteiger partial charge >= 0.3 is 0 Å². The highest BCUT2D eigenvalue weighted by atomic mass is 32.2. The Morgan fingerprint density at radius 1 is 1.67 bits per heavy atom. The SMILES string of the molecule is C/C=C/CSC(C)CO. The second kappa shape index (κ2) is 6.17. The molecule has 0 aliphatic carbocycles. The van der Waals surface area contributed by atoms with Crippen LogP contribution in [0.15, 0.2) is 12.2 Å². The molecule has 54 valence electrons. The van der Waals surface area contributed by atoms with Gasteiger partial charge in [-0.15, -0.1) is 0 Å². The van der Waals surface area contributed by atoms with E-state index in [0.29, 0.717) is 5.25 Å². The second-order valence-corrected chi connectivity index (χ2v) is 3.37. The highest BCUT2D eigenvalue weighted by Crippen LogP contribution is 2.08. The normalized spacial score (nSPS) is 14.6. The lowest BCUT2D eigenvalue weighted by atomic mass is 10.5.